The van der Waals surface area contributed by atoms with Crippen molar-refractivity contribution in [1.82, 2.24) is 14.3 Å². The number of hydrogen-bond donors (Lipinski definition) is 1. The molecule has 0 aliphatic rings. The molecule has 23 heavy (non-hydrogen) atoms. The van der Waals surface area contributed by atoms with Crippen molar-refractivity contribution in [3.05, 3.63) is 59.9 Å². The zero-order valence-corrected chi connectivity index (χ0v) is 14.0. The van der Waals surface area contributed by atoms with Crippen molar-refractivity contribution >= 4 is 21.1 Å². The second-order valence-electron chi connectivity index (χ2n) is 5.59. The van der Waals surface area contributed by atoms with Crippen LogP contribution in [0.25, 0.3) is 11.0 Å². The molecule has 3 rings (SSSR count). The van der Waals surface area contributed by atoms with Gasteiger partial charge in [0.2, 0.25) is 10.0 Å². The van der Waals surface area contributed by atoms with Crippen LogP contribution in [-0.2, 0) is 23.5 Å². The van der Waals surface area contributed by atoms with E-state index in [-0.39, 0.29) is 0 Å². The van der Waals surface area contributed by atoms with Crippen LogP contribution in [0.3, 0.4) is 0 Å². The molecule has 0 radical (unpaired) electrons. The largest absolute Gasteiger partial charge is 0.334 e. The van der Waals surface area contributed by atoms with Crippen molar-refractivity contribution in [3.63, 3.8) is 0 Å². The van der Waals surface area contributed by atoms with Crippen LogP contribution in [0.5, 0.6) is 0 Å². The number of aryl methyl sites for hydroxylation is 2. The molecule has 0 amide bonds. The van der Waals surface area contributed by atoms with Crippen LogP contribution in [-0.4, -0.2) is 24.5 Å². The Labute approximate surface area is 136 Å². The molecule has 120 valence electrons. The number of aromatic nitrogens is 2. The van der Waals surface area contributed by atoms with Gasteiger partial charge in [-0.1, -0.05) is 24.3 Å². The quantitative estimate of drug-likeness (QED) is 0.782. The number of nitrogens with zero attached hydrogens (tertiary/aromatic N) is 2. The Bertz CT molecular complexity index is 945. The molecule has 0 bridgehead atoms. The van der Waals surface area contributed by atoms with Crippen LogP contribution in [0.15, 0.2) is 53.7 Å². The first-order valence-corrected chi connectivity index (χ1v) is 8.91. The predicted octanol–water partition coefficient (Wildman–Crippen LogP) is 2.40. The molecule has 0 saturated carbocycles. The van der Waals surface area contributed by atoms with Crippen LogP contribution in [0.1, 0.15) is 11.1 Å². The van der Waals surface area contributed by atoms with E-state index in [4.69, 9.17) is 0 Å². The van der Waals surface area contributed by atoms with Crippen LogP contribution in [0.4, 0.5) is 0 Å². The van der Waals surface area contributed by atoms with Gasteiger partial charge in [0.1, 0.15) is 0 Å². The zero-order chi connectivity index (χ0) is 16.4. The maximum absolute atomic E-state index is 12.3. The number of benzene rings is 2. The molecule has 0 aliphatic heterocycles. The highest BCUT2D eigenvalue weighted by Crippen LogP contribution is 2.15. The lowest BCUT2D eigenvalue weighted by Crippen LogP contribution is -2.26. The molecule has 0 fully saturated rings. The standard InChI is InChI=1S/C17H19N3O2S/c1-13-5-3-4-6-17(13)23(21,22)19-10-9-14-7-8-16-15(11-14)18-12-20(16)2/h3-8,11-12,19H,9-10H2,1-2H3. The Kier molecular flexibility index (Phi) is 4.19. The number of fused-ring (bicyclic) bond motifs is 1. The van der Waals surface area contributed by atoms with E-state index >= 15 is 0 Å². The normalized spacial score (nSPS) is 11.9. The summed E-state index contributed by atoms with van der Waals surface area (Å²) in [6, 6.07) is 13.0. The maximum Gasteiger partial charge on any atom is 0.240 e. The third kappa shape index (κ3) is 3.28. The molecule has 3 aromatic rings. The van der Waals surface area contributed by atoms with Crippen molar-refractivity contribution in [1.29, 1.82) is 0 Å². The van der Waals surface area contributed by atoms with Crippen molar-refractivity contribution in [3.8, 4) is 0 Å². The SMILES string of the molecule is Cc1ccccc1S(=O)(=O)NCCc1ccc2c(c1)ncn2C. The Hall–Kier alpha value is -2.18. The van der Waals surface area contributed by atoms with Gasteiger partial charge in [0.25, 0.3) is 0 Å². The molecule has 5 nitrogen and oxygen atoms in total. The fraction of sp³-hybridized carbons (Fsp3) is 0.235. The zero-order valence-electron chi connectivity index (χ0n) is 13.2. The van der Waals surface area contributed by atoms with Gasteiger partial charge in [-0.05, 0) is 42.7 Å². The fourth-order valence-electron chi connectivity index (χ4n) is 2.60. The van der Waals surface area contributed by atoms with Crippen LogP contribution < -0.4 is 4.72 Å². The van der Waals surface area contributed by atoms with Crippen LogP contribution >= 0.6 is 0 Å². The molecule has 2 aromatic carbocycles. The van der Waals surface area contributed by atoms with E-state index < -0.39 is 10.0 Å². The van der Waals surface area contributed by atoms with E-state index in [0.29, 0.717) is 17.9 Å². The minimum absolute atomic E-state index is 0.333. The van der Waals surface area contributed by atoms with Gasteiger partial charge in [0.05, 0.1) is 22.3 Å². The summed E-state index contributed by atoms with van der Waals surface area (Å²) in [6.45, 7) is 2.15. The molecule has 0 spiro atoms. The smallest absolute Gasteiger partial charge is 0.240 e. The second kappa shape index (κ2) is 6.14. The monoisotopic (exact) mass is 329 g/mol. The fourth-order valence-corrected chi connectivity index (χ4v) is 3.88. The molecule has 0 saturated heterocycles. The highest BCUT2D eigenvalue weighted by molar-refractivity contribution is 7.89. The Morgan fingerprint density at radius 2 is 1.96 bits per heavy atom. The van der Waals surface area contributed by atoms with Gasteiger partial charge in [-0.2, -0.15) is 0 Å². The third-order valence-corrected chi connectivity index (χ3v) is 5.50. The highest BCUT2D eigenvalue weighted by atomic mass is 32.2. The minimum atomic E-state index is -3.47. The maximum atomic E-state index is 12.3. The molecular formula is C17H19N3O2S. The summed E-state index contributed by atoms with van der Waals surface area (Å²) in [4.78, 5) is 4.65. The summed E-state index contributed by atoms with van der Waals surface area (Å²) >= 11 is 0. The summed E-state index contributed by atoms with van der Waals surface area (Å²) < 4.78 is 29.3. The molecular weight excluding hydrogens is 310 g/mol. The van der Waals surface area contributed by atoms with Crippen molar-refractivity contribution in [2.45, 2.75) is 18.2 Å². The number of nitrogens with one attached hydrogen (secondary N) is 1. The van der Waals surface area contributed by atoms with Crippen molar-refractivity contribution in [2.75, 3.05) is 6.54 Å². The highest BCUT2D eigenvalue weighted by Gasteiger charge is 2.15. The first kappa shape index (κ1) is 15.7. The first-order chi connectivity index (χ1) is 11.0. The van der Waals surface area contributed by atoms with E-state index in [2.05, 4.69) is 9.71 Å². The van der Waals surface area contributed by atoms with E-state index in [1.807, 2.05) is 35.9 Å². The molecule has 0 unspecified atom stereocenters. The molecule has 0 aliphatic carbocycles. The van der Waals surface area contributed by atoms with Gasteiger partial charge < -0.3 is 4.57 Å². The van der Waals surface area contributed by atoms with Crippen LogP contribution in [0.2, 0.25) is 0 Å². The summed E-state index contributed by atoms with van der Waals surface area (Å²) in [5.74, 6) is 0. The predicted molar refractivity (Wildman–Crippen MR) is 90.8 cm³/mol. The van der Waals surface area contributed by atoms with E-state index in [0.717, 1.165) is 22.2 Å². The van der Waals surface area contributed by atoms with Crippen LogP contribution in [0, 0.1) is 6.92 Å². The lowest BCUT2D eigenvalue weighted by molar-refractivity contribution is 0.581. The van der Waals surface area contributed by atoms with E-state index in [1.165, 1.54) is 0 Å². The van der Waals surface area contributed by atoms with E-state index in [9.17, 15) is 8.42 Å². The summed E-state index contributed by atoms with van der Waals surface area (Å²) in [6.07, 6.45) is 2.40. The Morgan fingerprint density at radius 3 is 2.74 bits per heavy atom. The van der Waals surface area contributed by atoms with Crippen molar-refractivity contribution < 1.29 is 8.42 Å². The molecule has 0 atom stereocenters. The Balaban J connectivity index is 1.69. The number of rotatable bonds is 5. The average Bonchev–Trinajstić information content (AvgIpc) is 2.88. The summed E-state index contributed by atoms with van der Waals surface area (Å²) in [7, 11) is -1.52. The first-order valence-electron chi connectivity index (χ1n) is 7.42. The molecule has 1 heterocycles. The number of sulfonamides is 1. The minimum Gasteiger partial charge on any atom is -0.334 e. The molecule has 1 aromatic heterocycles. The third-order valence-electron chi connectivity index (χ3n) is 3.88. The molecule has 6 heteroatoms. The van der Waals surface area contributed by atoms with Gasteiger partial charge >= 0.3 is 0 Å². The van der Waals surface area contributed by atoms with Crippen molar-refractivity contribution in [2.24, 2.45) is 7.05 Å². The lowest BCUT2D eigenvalue weighted by atomic mass is 10.1. The Morgan fingerprint density at radius 1 is 1.17 bits per heavy atom. The van der Waals surface area contributed by atoms with Gasteiger partial charge in [-0.3, -0.25) is 0 Å². The lowest BCUT2D eigenvalue weighted by Gasteiger charge is -2.09. The van der Waals surface area contributed by atoms with Gasteiger partial charge in [-0.25, -0.2) is 18.1 Å². The van der Waals surface area contributed by atoms with E-state index in [1.54, 1.807) is 31.5 Å². The molecule has 1 N–H and O–H groups in total. The van der Waals surface area contributed by atoms with Gasteiger partial charge in [0, 0.05) is 13.6 Å². The number of hydrogen-bond acceptors (Lipinski definition) is 3. The summed E-state index contributed by atoms with van der Waals surface area (Å²) in [5.41, 5.74) is 3.79. The summed E-state index contributed by atoms with van der Waals surface area (Å²) in [5, 5.41) is 0. The average molecular weight is 329 g/mol. The number of imidazole rings is 1. The topological polar surface area (TPSA) is 64.0 Å². The van der Waals surface area contributed by atoms with Gasteiger partial charge in [-0.15, -0.1) is 0 Å². The second-order valence-corrected chi connectivity index (χ2v) is 7.33. The van der Waals surface area contributed by atoms with Gasteiger partial charge in [0.15, 0.2) is 0 Å².